The number of anilines is 1. The SMILES string of the molecule is O=[N+]([O-])c1ccc(N/N=C(\C(Cl)=C(Cl)Cl)N2CCCC2)cc1. The molecule has 0 amide bonds. The van der Waals surface area contributed by atoms with E-state index in [1.54, 1.807) is 12.1 Å². The Morgan fingerprint density at radius 3 is 2.27 bits per heavy atom. The van der Waals surface area contributed by atoms with E-state index in [1.807, 2.05) is 4.90 Å². The van der Waals surface area contributed by atoms with Crippen LogP contribution in [0.2, 0.25) is 0 Å². The second-order valence-corrected chi connectivity index (χ2v) is 5.95. The third kappa shape index (κ3) is 4.25. The van der Waals surface area contributed by atoms with Crippen molar-refractivity contribution in [2.45, 2.75) is 12.8 Å². The van der Waals surface area contributed by atoms with E-state index in [0.29, 0.717) is 11.5 Å². The van der Waals surface area contributed by atoms with Gasteiger partial charge in [-0.15, -0.1) is 0 Å². The minimum atomic E-state index is -0.463. The molecule has 0 spiro atoms. The smallest absolute Gasteiger partial charge is 0.269 e. The summed E-state index contributed by atoms with van der Waals surface area (Å²) in [7, 11) is 0. The zero-order chi connectivity index (χ0) is 16.1. The summed E-state index contributed by atoms with van der Waals surface area (Å²) in [6, 6.07) is 5.89. The van der Waals surface area contributed by atoms with Gasteiger partial charge in [0.2, 0.25) is 0 Å². The first kappa shape index (κ1) is 16.9. The van der Waals surface area contributed by atoms with Crippen LogP contribution in [0.25, 0.3) is 0 Å². The van der Waals surface area contributed by atoms with E-state index in [0.717, 1.165) is 25.9 Å². The van der Waals surface area contributed by atoms with Gasteiger partial charge in [0.05, 0.1) is 10.6 Å². The van der Waals surface area contributed by atoms with Gasteiger partial charge in [-0.2, -0.15) is 5.10 Å². The summed E-state index contributed by atoms with van der Waals surface area (Å²) in [5, 5.41) is 15.0. The van der Waals surface area contributed by atoms with Crippen LogP contribution in [0.1, 0.15) is 12.8 Å². The lowest BCUT2D eigenvalue weighted by molar-refractivity contribution is -0.384. The van der Waals surface area contributed by atoms with E-state index in [-0.39, 0.29) is 15.2 Å². The second kappa shape index (κ2) is 7.67. The maximum absolute atomic E-state index is 10.6. The molecule has 0 saturated carbocycles. The number of nitrogens with one attached hydrogen (secondary N) is 1. The van der Waals surface area contributed by atoms with Crippen LogP contribution in [0.5, 0.6) is 0 Å². The number of amidine groups is 1. The molecule has 0 bridgehead atoms. The molecular weight excluding hydrogens is 351 g/mol. The van der Waals surface area contributed by atoms with Crippen LogP contribution in [0.15, 0.2) is 38.9 Å². The van der Waals surface area contributed by atoms with Crippen molar-refractivity contribution in [3.05, 3.63) is 43.9 Å². The highest BCUT2D eigenvalue weighted by molar-refractivity contribution is 6.62. The van der Waals surface area contributed by atoms with Gasteiger partial charge in [-0.3, -0.25) is 15.5 Å². The third-order valence-corrected chi connectivity index (χ3v) is 4.07. The fourth-order valence-corrected chi connectivity index (χ4v) is 2.38. The average Bonchev–Trinajstić information content (AvgIpc) is 3.01. The highest BCUT2D eigenvalue weighted by atomic mass is 35.5. The Morgan fingerprint density at radius 2 is 1.77 bits per heavy atom. The second-order valence-electron chi connectivity index (χ2n) is 4.62. The Morgan fingerprint density at radius 1 is 1.18 bits per heavy atom. The van der Waals surface area contributed by atoms with Gasteiger partial charge in [-0.25, -0.2) is 0 Å². The summed E-state index contributed by atoms with van der Waals surface area (Å²) in [6.45, 7) is 1.64. The minimum absolute atomic E-state index is 0.0102. The molecule has 118 valence electrons. The maximum Gasteiger partial charge on any atom is 0.269 e. The van der Waals surface area contributed by atoms with Gasteiger partial charge in [0, 0.05) is 25.2 Å². The van der Waals surface area contributed by atoms with Crippen molar-refractivity contribution in [1.29, 1.82) is 0 Å². The Hall–Kier alpha value is -1.50. The van der Waals surface area contributed by atoms with Crippen LogP contribution in [0.3, 0.4) is 0 Å². The Kier molecular flexibility index (Phi) is 5.88. The number of halogens is 3. The number of nitrogens with zero attached hydrogens (tertiary/aromatic N) is 3. The molecule has 0 radical (unpaired) electrons. The molecule has 1 fully saturated rings. The highest BCUT2D eigenvalue weighted by Gasteiger charge is 2.21. The quantitative estimate of drug-likeness (QED) is 0.375. The predicted molar refractivity (Wildman–Crippen MR) is 89.5 cm³/mol. The first-order valence-corrected chi connectivity index (χ1v) is 7.66. The molecule has 6 nitrogen and oxygen atoms in total. The molecule has 1 saturated heterocycles. The molecule has 1 aliphatic rings. The standard InChI is InChI=1S/C13H13Cl3N4O2/c14-11(12(15)16)13(19-7-1-2-8-19)18-17-9-3-5-10(6-4-9)20(21)22/h3-6,17H,1-2,7-8H2/b18-13+. The van der Waals surface area contributed by atoms with Gasteiger partial charge in [0.25, 0.3) is 5.69 Å². The number of hydrogen-bond acceptors (Lipinski definition) is 4. The van der Waals surface area contributed by atoms with Gasteiger partial charge < -0.3 is 4.90 Å². The molecule has 1 aromatic rings. The monoisotopic (exact) mass is 362 g/mol. The normalized spacial score (nSPS) is 14.9. The minimum Gasteiger partial charge on any atom is -0.354 e. The molecule has 2 rings (SSSR count). The first-order chi connectivity index (χ1) is 10.5. The van der Waals surface area contributed by atoms with Crippen LogP contribution in [0, 0.1) is 10.1 Å². The number of benzene rings is 1. The van der Waals surface area contributed by atoms with Crippen molar-refractivity contribution in [3.8, 4) is 0 Å². The molecular formula is C13H13Cl3N4O2. The number of hydrogen-bond donors (Lipinski definition) is 1. The van der Waals surface area contributed by atoms with Crippen LogP contribution < -0.4 is 5.43 Å². The summed E-state index contributed by atoms with van der Waals surface area (Å²) >= 11 is 17.6. The van der Waals surface area contributed by atoms with Gasteiger partial charge in [-0.1, -0.05) is 34.8 Å². The maximum atomic E-state index is 10.6. The van der Waals surface area contributed by atoms with E-state index in [9.17, 15) is 10.1 Å². The molecule has 9 heteroatoms. The lowest BCUT2D eigenvalue weighted by Gasteiger charge is -2.19. The molecule has 1 heterocycles. The molecule has 0 aliphatic carbocycles. The lowest BCUT2D eigenvalue weighted by Crippen LogP contribution is -2.29. The lowest BCUT2D eigenvalue weighted by atomic mass is 10.3. The molecule has 1 N–H and O–H groups in total. The highest BCUT2D eigenvalue weighted by Crippen LogP contribution is 2.24. The first-order valence-electron chi connectivity index (χ1n) is 6.53. The molecule has 0 unspecified atom stereocenters. The summed E-state index contributed by atoms with van der Waals surface area (Å²) in [5.41, 5.74) is 3.42. The van der Waals surface area contributed by atoms with E-state index in [4.69, 9.17) is 34.8 Å². The van der Waals surface area contributed by atoms with E-state index >= 15 is 0 Å². The van der Waals surface area contributed by atoms with Crippen LogP contribution in [-0.2, 0) is 0 Å². The number of nitro groups is 1. The van der Waals surface area contributed by atoms with Crippen molar-refractivity contribution in [3.63, 3.8) is 0 Å². The fraction of sp³-hybridized carbons (Fsp3) is 0.308. The zero-order valence-electron chi connectivity index (χ0n) is 11.4. The van der Waals surface area contributed by atoms with Gasteiger partial charge in [0.1, 0.15) is 9.52 Å². The van der Waals surface area contributed by atoms with Crippen LogP contribution >= 0.6 is 34.8 Å². The summed E-state index contributed by atoms with van der Waals surface area (Å²) in [5.74, 6) is 0.456. The Labute approximate surface area is 142 Å². The number of hydrazone groups is 1. The van der Waals surface area contributed by atoms with Crippen molar-refractivity contribution in [1.82, 2.24) is 4.90 Å². The van der Waals surface area contributed by atoms with Crippen LogP contribution in [-0.4, -0.2) is 28.7 Å². The van der Waals surface area contributed by atoms with Crippen LogP contribution in [0.4, 0.5) is 11.4 Å². The molecule has 0 aromatic heterocycles. The molecule has 1 aliphatic heterocycles. The third-order valence-electron chi connectivity index (χ3n) is 3.14. The van der Waals surface area contributed by atoms with Crippen molar-refractivity contribution < 1.29 is 4.92 Å². The van der Waals surface area contributed by atoms with E-state index in [1.165, 1.54) is 12.1 Å². The van der Waals surface area contributed by atoms with Gasteiger partial charge >= 0.3 is 0 Å². The number of rotatable bonds is 4. The largest absolute Gasteiger partial charge is 0.354 e. The van der Waals surface area contributed by atoms with E-state index < -0.39 is 4.92 Å². The fourth-order valence-electron chi connectivity index (χ4n) is 2.05. The predicted octanol–water partition coefficient (Wildman–Crippen LogP) is 4.30. The topological polar surface area (TPSA) is 70.8 Å². The van der Waals surface area contributed by atoms with E-state index in [2.05, 4.69) is 10.5 Å². The van der Waals surface area contributed by atoms with Crippen molar-refractivity contribution in [2.75, 3.05) is 18.5 Å². The van der Waals surface area contributed by atoms with Crippen molar-refractivity contribution >= 4 is 52.0 Å². The Balaban J connectivity index is 2.18. The molecule has 0 atom stereocenters. The van der Waals surface area contributed by atoms with Gasteiger partial charge in [0.15, 0.2) is 5.84 Å². The molecule has 22 heavy (non-hydrogen) atoms. The number of nitro benzene ring substituents is 1. The van der Waals surface area contributed by atoms with Crippen molar-refractivity contribution in [2.24, 2.45) is 5.10 Å². The number of non-ortho nitro benzene ring substituents is 1. The van der Waals surface area contributed by atoms with Gasteiger partial charge in [-0.05, 0) is 25.0 Å². The summed E-state index contributed by atoms with van der Waals surface area (Å²) < 4.78 is -0.0576. The molecule has 1 aromatic carbocycles. The zero-order valence-corrected chi connectivity index (χ0v) is 13.7. The number of likely N-dealkylation sites (tertiary alicyclic amines) is 1. The summed E-state index contributed by atoms with van der Waals surface area (Å²) in [6.07, 6.45) is 2.08. The average molecular weight is 364 g/mol. The Bertz CT molecular complexity index is 606. The summed E-state index contributed by atoms with van der Waals surface area (Å²) in [4.78, 5) is 12.1.